The minimum atomic E-state index is -0.0466. The van der Waals surface area contributed by atoms with Crippen molar-refractivity contribution in [3.63, 3.8) is 0 Å². The lowest BCUT2D eigenvalue weighted by Gasteiger charge is -2.34. The summed E-state index contributed by atoms with van der Waals surface area (Å²) >= 11 is 6.10. The largest absolute Gasteiger partial charge is 0.336 e. The molecular weight excluding hydrogens is 324 g/mol. The van der Waals surface area contributed by atoms with Crippen LogP contribution in [-0.2, 0) is 0 Å². The van der Waals surface area contributed by atoms with Crippen LogP contribution in [0.1, 0.15) is 20.7 Å². The number of hydrogen-bond acceptors (Lipinski definition) is 3. The van der Waals surface area contributed by atoms with E-state index in [0.29, 0.717) is 43.3 Å². The third kappa shape index (κ3) is 3.83. The number of ketones is 1. The first-order chi connectivity index (χ1) is 11.6. The molecule has 5 heteroatoms. The Morgan fingerprint density at radius 2 is 1.50 bits per heavy atom. The Labute approximate surface area is 146 Å². The van der Waals surface area contributed by atoms with Crippen molar-refractivity contribution in [2.75, 3.05) is 32.7 Å². The second-order valence-electron chi connectivity index (χ2n) is 5.84. The summed E-state index contributed by atoms with van der Waals surface area (Å²) in [7, 11) is 0. The number of nitrogens with zero attached hydrogens (tertiary/aromatic N) is 2. The van der Waals surface area contributed by atoms with E-state index in [0.717, 1.165) is 5.56 Å². The molecule has 24 heavy (non-hydrogen) atoms. The second kappa shape index (κ2) is 7.60. The number of Topliss-reactive ketones (excluding diaryl/α,β-unsaturated/α-hetero) is 1. The molecule has 0 radical (unpaired) electrons. The highest BCUT2D eigenvalue weighted by Crippen LogP contribution is 2.18. The Bertz CT molecular complexity index is 725. The SMILES string of the molecule is O=C(CN1CCN(C(=O)c2ccccc2Cl)CC1)c1ccccc1. The molecule has 0 bridgehead atoms. The number of halogens is 1. The maximum absolute atomic E-state index is 12.5. The van der Waals surface area contributed by atoms with Gasteiger partial charge in [0, 0.05) is 31.7 Å². The molecule has 0 aromatic heterocycles. The summed E-state index contributed by atoms with van der Waals surface area (Å²) < 4.78 is 0. The van der Waals surface area contributed by atoms with E-state index in [1.54, 1.807) is 17.0 Å². The fourth-order valence-electron chi connectivity index (χ4n) is 2.83. The van der Waals surface area contributed by atoms with Crippen molar-refractivity contribution in [1.29, 1.82) is 0 Å². The Morgan fingerprint density at radius 3 is 2.17 bits per heavy atom. The summed E-state index contributed by atoms with van der Waals surface area (Å²) in [6.45, 7) is 2.97. The molecule has 1 saturated heterocycles. The van der Waals surface area contributed by atoms with E-state index in [1.807, 2.05) is 42.5 Å². The first kappa shape index (κ1) is 16.7. The zero-order valence-electron chi connectivity index (χ0n) is 13.3. The maximum Gasteiger partial charge on any atom is 0.255 e. The normalized spacial score (nSPS) is 15.3. The van der Waals surface area contributed by atoms with Crippen LogP contribution in [0.15, 0.2) is 54.6 Å². The van der Waals surface area contributed by atoms with Gasteiger partial charge in [-0.3, -0.25) is 14.5 Å². The number of carbonyl (C=O) groups is 2. The number of amides is 1. The van der Waals surface area contributed by atoms with Gasteiger partial charge in [-0.15, -0.1) is 0 Å². The first-order valence-corrected chi connectivity index (χ1v) is 8.37. The lowest BCUT2D eigenvalue weighted by molar-refractivity contribution is 0.0624. The Morgan fingerprint density at radius 1 is 0.875 bits per heavy atom. The highest BCUT2D eigenvalue weighted by molar-refractivity contribution is 6.33. The molecular formula is C19H19ClN2O2. The predicted molar refractivity (Wildman–Crippen MR) is 94.6 cm³/mol. The molecule has 0 spiro atoms. The molecule has 0 saturated carbocycles. The van der Waals surface area contributed by atoms with Crippen LogP contribution in [0.2, 0.25) is 5.02 Å². The van der Waals surface area contributed by atoms with Crippen LogP contribution in [0.25, 0.3) is 0 Å². The van der Waals surface area contributed by atoms with Crippen molar-refractivity contribution in [2.24, 2.45) is 0 Å². The highest BCUT2D eigenvalue weighted by Gasteiger charge is 2.24. The van der Waals surface area contributed by atoms with Gasteiger partial charge >= 0.3 is 0 Å². The molecule has 3 rings (SSSR count). The van der Waals surface area contributed by atoms with Crippen molar-refractivity contribution in [3.05, 3.63) is 70.7 Å². The monoisotopic (exact) mass is 342 g/mol. The van der Waals surface area contributed by atoms with Crippen LogP contribution in [0.4, 0.5) is 0 Å². The van der Waals surface area contributed by atoms with Gasteiger partial charge in [-0.25, -0.2) is 0 Å². The van der Waals surface area contributed by atoms with Crippen LogP contribution >= 0.6 is 11.6 Å². The van der Waals surface area contributed by atoms with E-state index in [-0.39, 0.29) is 11.7 Å². The third-order valence-electron chi connectivity index (χ3n) is 4.23. The Kier molecular flexibility index (Phi) is 5.28. The molecule has 0 atom stereocenters. The average Bonchev–Trinajstić information content (AvgIpc) is 2.63. The zero-order chi connectivity index (χ0) is 16.9. The minimum Gasteiger partial charge on any atom is -0.336 e. The van der Waals surface area contributed by atoms with Crippen molar-refractivity contribution in [2.45, 2.75) is 0 Å². The van der Waals surface area contributed by atoms with Gasteiger partial charge in [0.2, 0.25) is 0 Å². The molecule has 1 fully saturated rings. The Hall–Kier alpha value is -2.17. The average molecular weight is 343 g/mol. The van der Waals surface area contributed by atoms with Crippen molar-refractivity contribution in [1.82, 2.24) is 9.80 Å². The number of hydrogen-bond donors (Lipinski definition) is 0. The van der Waals surface area contributed by atoms with E-state index in [1.165, 1.54) is 0 Å². The lowest BCUT2D eigenvalue weighted by atomic mass is 10.1. The van der Waals surface area contributed by atoms with Crippen molar-refractivity contribution < 1.29 is 9.59 Å². The number of rotatable bonds is 4. The number of benzene rings is 2. The van der Waals surface area contributed by atoms with Crippen LogP contribution in [0, 0.1) is 0 Å². The van der Waals surface area contributed by atoms with E-state index in [4.69, 9.17) is 11.6 Å². The summed E-state index contributed by atoms with van der Waals surface area (Å²) in [6.07, 6.45) is 0. The molecule has 2 aromatic rings. The van der Waals surface area contributed by atoms with Crippen LogP contribution in [0.5, 0.6) is 0 Å². The van der Waals surface area contributed by atoms with E-state index >= 15 is 0 Å². The van der Waals surface area contributed by atoms with E-state index in [9.17, 15) is 9.59 Å². The van der Waals surface area contributed by atoms with Crippen LogP contribution in [-0.4, -0.2) is 54.2 Å². The fraction of sp³-hybridized carbons (Fsp3) is 0.263. The molecule has 1 heterocycles. The summed E-state index contributed by atoms with van der Waals surface area (Å²) in [6, 6.07) is 16.4. The highest BCUT2D eigenvalue weighted by atomic mass is 35.5. The van der Waals surface area contributed by atoms with Gasteiger partial charge in [0.15, 0.2) is 5.78 Å². The molecule has 1 aliphatic heterocycles. The maximum atomic E-state index is 12.5. The van der Waals surface area contributed by atoms with Crippen LogP contribution < -0.4 is 0 Å². The van der Waals surface area contributed by atoms with Crippen molar-refractivity contribution in [3.8, 4) is 0 Å². The molecule has 0 unspecified atom stereocenters. The van der Waals surface area contributed by atoms with Gasteiger partial charge in [0.25, 0.3) is 5.91 Å². The standard InChI is InChI=1S/C19H19ClN2O2/c20-17-9-5-4-8-16(17)19(24)22-12-10-21(11-13-22)14-18(23)15-6-2-1-3-7-15/h1-9H,10-14H2. The molecule has 4 nitrogen and oxygen atoms in total. The fourth-order valence-corrected chi connectivity index (χ4v) is 3.05. The Balaban J connectivity index is 1.55. The quantitative estimate of drug-likeness (QED) is 0.802. The molecule has 124 valence electrons. The molecule has 2 aromatic carbocycles. The number of piperazine rings is 1. The minimum absolute atomic E-state index is 0.0466. The zero-order valence-corrected chi connectivity index (χ0v) is 14.1. The predicted octanol–water partition coefficient (Wildman–Crippen LogP) is 2.98. The topological polar surface area (TPSA) is 40.6 Å². The smallest absolute Gasteiger partial charge is 0.255 e. The molecule has 0 aliphatic carbocycles. The van der Waals surface area contributed by atoms with Gasteiger partial charge in [0.05, 0.1) is 17.1 Å². The summed E-state index contributed by atoms with van der Waals surface area (Å²) in [5, 5.41) is 0.476. The first-order valence-electron chi connectivity index (χ1n) is 7.99. The third-order valence-corrected chi connectivity index (χ3v) is 4.56. The summed E-state index contributed by atoms with van der Waals surface area (Å²) in [5.41, 5.74) is 1.26. The summed E-state index contributed by atoms with van der Waals surface area (Å²) in [4.78, 5) is 28.7. The molecule has 0 N–H and O–H groups in total. The lowest BCUT2D eigenvalue weighted by Crippen LogP contribution is -2.49. The van der Waals surface area contributed by atoms with Gasteiger partial charge < -0.3 is 4.90 Å². The number of carbonyl (C=O) groups excluding carboxylic acids is 2. The van der Waals surface area contributed by atoms with Crippen LogP contribution in [0.3, 0.4) is 0 Å². The van der Waals surface area contributed by atoms with E-state index < -0.39 is 0 Å². The van der Waals surface area contributed by atoms with E-state index in [2.05, 4.69) is 4.90 Å². The van der Waals surface area contributed by atoms with Gasteiger partial charge in [-0.05, 0) is 12.1 Å². The molecule has 1 aliphatic rings. The molecule has 1 amide bonds. The van der Waals surface area contributed by atoms with Crippen molar-refractivity contribution >= 4 is 23.3 Å². The second-order valence-corrected chi connectivity index (χ2v) is 6.24. The van der Waals surface area contributed by atoms with Gasteiger partial charge in [-0.2, -0.15) is 0 Å². The summed E-state index contributed by atoms with van der Waals surface area (Å²) in [5.74, 6) is 0.0658. The van der Waals surface area contributed by atoms with Gasteiger partial charge in [0.1, 0.15) is 0 Å². The van der Waals surface area contributed by atoms with Gasteiger partial charge in [-0.1, -0.05) is 54.1 Å².